The molecule has 0 saturated carbocycles. The van der Waals surface area contributed by atoms with Crippen molar-refractivity contribution in [2.75, 3.05) is 0 Å². The molecular weight excluding hydrogens is 195 g/mol. The maximum absolute atomic E-state index is 12.6. The fourth-order valence-electron chi connectivity index (χ4n) is 1.11. The Morgan fingerprint density at radius 2 is 1.85 bits per heavy atom. The topological polar surface area (TPSA) is 54.4 Å². The predicted molar refractivity (Wildman–Crippen MR) is 45.9 cm³/mol. The van der Waals surface area contributed by atoms with E-state index in [1.165, 1.54) is 6.92 Å². The maximum atomic E-state index is 12.6. The third kappa shape index (κ3) is 1.98. The van der Waals surface area contributed by atoms with Crippen LogP contribution in [0.5, 0.6) is 5.75 Å². The molecule has 0 atom stereocenters. The molecule has 0 aliphatic heterocycles. The molecule has 0 aliphatic carbocycles. The highest BCUT2D eigenvalue weighted by molar-refractivity contribution is 7.86. The van der Waals surface area contributed by atoms with Gasteiger partial charge in [0.25, 0.3) is 0 Å². The van der Waals surface area contributed by atoms with Crippen molar-refractivity contribution in [3.05, 3.63) is 23.3 Å². The SMILES string of the molecule is Cc1cc(C)c(O)c(S(=O)(=O)F)c1. The van der Waals surface area contributed by atoms with Gasteiger partial charge >= 0.3 is 10.2 Å². The first kappa shape index (κ1) is 9.98. The largest absolute Gasteiger partial charge is 0.506 e. The van der Waals surface area contributed by atoms with E-state index in [4.69, 9.17) is 0 Å². The number of benzene rings is 1. The van der Waals surface area contributed by atoms with E-state index < -0.39 is 20.9 Å². The number of halogens is 1. The van der Waals surface area contributed by atoms with Crippen molar-refractivity contribution >= 4 is 10.2 Å². The smallest absolute Gasteiger partial charge is 0.335 e. The predicted octanol–water partition coefficient (Wildman–Crippen LogP) is 1.67. The minimum atomic E-state index is -4.83. The molecule has 0 heterocycles. The van der Waals surface area contributed by atoms with Crippen molar-refractivity contribution in [2.45, 2.75) is 18.7 Å². The van der Waals surface area contributed by atoms with E-state index in [0.717, 1.165) is 6.07 Å². The zero-order chi connectivity index (χ0) is 10.2. The Bertz CT molecular complexity index is 437. The van der Waals surface area contributed by atoms with Gasteiger partial charge in [0.2, 0.25) is 0 Å². The van der Waals surface area contributed by atoms with E-state index >= 15 is 0 Å². The van der Waals surface area contributed by atoms with Gasteiger partial charge in [-0.25, -0.2) is 0 Å². The van der Waals surface area contributed by atoms with Gasteiger partial charge in [-0.3, -0.25) is 0 Å². The van der Waals surface area contributed by atoms with E-state index in [0.29, 0.717) is 11.1 Å². The minimum absolute atomic E-state index is 0.344. The van der Waals surface area contributed by atoms with Gasteiger partial charge in [0.05, 0.1) is 0 Å². The Balaban J connectivity index is 3.56. The van der Waals surface area contributed by atoms with Crippen molar-refractivity contribution in [1.29, 1.82) is 0 Å². The summed E-state index contributed by atoms with van der Waals surface area (Å²) in [7, 11) is -4.83. The van der Waals surface area contributed by atoms with Crippen LogP contribution in [0, 0.1) is 13.8 Å². The second kappa shape index (κ2) is 2.99. The standard InChI is InChI=1S/C8H9FO3S/c1-5-3-6(2)8(10)7(4-5)13(9,11)12/h3-4,10H,1-2H3. The van der Waals surface area contributed by atoms with Crippen LogP contribution in [-0.2, 0) is 10.2 Å². The molecule has 0 aromatic heterocycles. The van der Waals surface area contributed by atoms with Crippen LogP contribution in [0.15, 0.2) is 17.0 Å². The lowest BCUT2D eigenvalue weighted by Gasteiger charge is -2.04. The van der Waals surface area contributed by atoms with E-state index in [1.807, 2.05) is 0 Å². The molecule has 3 nitrogen and oxygen atoms in total. The summed E-state index contributed by atoms with van der Waals surface area (Å²) in [6.07, 6.45) is 0. The first-order valence-electron chi connectivity index (χ1n) is 3.57. The van der Waals surface area contributed by atoms with Crippen LogP contribution in [0.25, 0.3) is 0 Å². The molecule has 13 heavy (non-hydrogen) atoms. The summed E-state index contributed by atoms with van der Waals surface area (Å²) in [6, 6.07) is 2.67. The summed E-state index contributed by atoms with van der Waals surface area (Å²) >= 11 is 0. The molecule has 0 saturated heterocycles. The second-order valence-electron chi connectivity index (χ2n) is 2.87. The van der Waals surface area contributed by atoms with Crippen molar-refractivity contribution in [1.82, 2.24) is 0 Å². The van der Waals surface area contributed by atoms with E-state index in [2.05, 4.69) is 0 Å². The van der Waals surface area contributed by atoms with Crippen molar-refractivity contribution < 1.29 is 17.4 Å². The van der Waals surface area contributed by atoms with Crippen LogP contribution < -0.4 is 0 Å². The first-order valence-corrected chi connectivity index (χ1v) is 4.95. The van der Waals surface area contributed by atoms with Crippen LogP contribution in [0.2, 0.25) is 0 Å². The molecule has 0 bridgehead atoms. The van der Waals surface area contributed by atoms with Gasteiger partial charge in [-0.05, 0) is 31.0 Å². The Hall–Kier alpha value is -1.10. The number of phenolic OH excluding ortho intramolecular Hbond substituents is 1. The van der Waals surface area contributed by atoms with Gasteiger partial charge in [0.15, 0.2) is 0 Å². The summed E-state index contributed by atoms with van der Waals surface area (Å²) in [5.41, 5.74) is 0.933. The molecule has 0 unspecified atom stereocenters. The van der Waals surface area contributed by atoms with Crippen LogP contribution in [0.1, 0.15) is 11.1 Å². The summed E-state index contributed by atoms with van der Waals surface area (Å²) in [4.78, 5) is -0.662. The molecule has 0 spiro atoms. The number of aromatic hydroxyl groups is 1. The lowest BCUT2D eigenvalue weighted by atomic mass is 10.1. The molecule has 0 fully saturated rings. The van der Waals surface area contributed by atoms with Crippen molar-refractivity contribution in [2.24, 2.45) is 0 Å². The van der Waals surface area contributed by atoms with Crippen LogP contribution in [-0.4, -0.2) is 13.5 Å². The van der Waals surface area contributed by atoms with Crippen LogP contribution >= 0.6 is 0 Å². The molecule has 1 aromatic carbocycles. The van der Waals surface area contributed by atoms with E-state index in [9.17, 15) is 17.4 Å². The van der Waals surface area contributed by atoms with E-state index in [-0.39, 0.29) is 0 Å². The number of aryl methyl sites for hydroxylation is 2. The molecule has 1 rings (SSSR count). The fraction of sp³-hybridized carbons (Fsp3) is 0.250. The van der Waals surface area contributed by atoms with E-state index in [1.54, 1.807) is 13.0 Å². The highest BCUT2D eigenvalue weighted by Gasteiger charge is 2.18. The third-order valence-electron chi connectivity index (χ3n) is 1.67. The zero-order valence-corrected chi connectivity index (χ0v) is 8.02. The van der Waals surface area contributed by atoms with Crippen LogP contribution in [0.4, 0.5) is 3.89 Å². The summed E-state index contributed by atoms with van der Waals surface area (Å²) in [5.74, 6) is -0.520. The van der Waals surface area contributed by atoms with Gasteiger partial charge in [-0.15, -0.1) is 3.89 Å². The summed E-state index contributed by atoms with van der Waals surface area (Å²) in [6.45, 7) is 3.14. The van der Waals surface area contributed by atoms with Gasteiger partial charge in [-0.2, -0.15) is 8.42 Å². The Morgan fingerprint density at radius 3 is 2.31 bits per heavy atom. The minimum Gasteiger partial charge on any atom is -0.506 e. The van der Waals surface area contributed by atoms with Gasteiger partial charge in [0.1, 0.15) is 10.6 Å². The molecular formula is C8H9FO3S. The summed E-state index contributed by atoms with van der Waals surface area (Å²) < 4.78 is 33.6. The average molecular weight is 204 g/mol. The highest BCUT2D eigenvalue weighted by atomic mass is 32.3. The Morgan fingerprint density at radius 1 is 1.31 bits per heavy atom. The first-order chi connectivity index (χ1) is 5.82. The average Bonchev–Trinajstić information content (AvgIpc) is 1.94. The highest BCUT2D eigenvalue weighted by Crippen LogP contribution is 2.28. The molecule has 5 heteroatoms. The molecule has 1 N–H and O–H groups in total. The number of hydrogen-bond donors (Lipinski definition) is 1. The maximum Gasteiger partial charge on any atom is 0.335 e. The van der Waals surface area contributed by atoms with Crippen LogP contribution in [0.3, 0.4) is 0 Å². The van der Waals surface area contributed by atoms with Crippen molar-refractivity contribution in [3.63, 3.8) is 0 Å². The van der Waals surface area contributed by atoms with Gasteiger partial charge in [0, 0.05) is 0 Å². The van der Waals surface area contributed by atoms with Crippen molar-refractivity contribution in [3.8, 4) is 5.75 Å². The quantitative estimate of drug-likeness (QED) is 0.708. The Kier molecular flexibility index (Phi) is 2.30. The lowest BCUT2D eigenvalue weighted by Crippen LogP contribution is -1.95. The van der Waals surface area contributed by atoms with Gasteiger partial charge < -0.3 is 5.11 Å². The third-order valence-corrected chi connectivity index (χ3v) is 2.51. The Labute approximate surface area is 76.0 Å². The normalized spacial score (nSPS) is 11.6. The molecule has 0 aliphatic rings. The molecule has 1 aromatic rings. The zero-order valence-electron chi connectivity index (χ0n) is 7.20. The molecule has 72 valence electrons. The van der Waals surface area contributed by atoms with Gasteiger partial charge in [-0.1, -0.05) is 6.07 Å². The molecule has 0 radical (unpaired) electrons. The fourth-order valence-corrected chi connectivity index (χ4v) is 1.83. The molecule has 0 amide bonds. The number of phenols is 1. The summed E-state index contributed by atoms with van der Waals surface area (Å²) in [5, 5.41) is 9.24. The lowest BCUT2D eigenvalue weighted by molar-refractivity contribution is 0.451. The number of rotatable bonds is 1. The second-order valence-corrected chi connectivity index (χ2v) is 4.18. The number of hydrogen-bond acceptors (Lipinski definition) is 3. The monoisotopic (exact) mass is 204 g/mol.